The Morgan fingerprint density at radius 1 is 0.443 bits per heavy atom. The summed E-state index contributed by atoms with van der Waals surface area (Å²) in [5, 5.41) is 39.7. The number of carbonyl (C=O) groups excluding carboxylic acids is 9. The minimum absolute atomic E-state index is 0.0352. The normalized spacial score (nSPS) is 15.9. The molecule has 0 saturated carbocycles. The standard InChI is InChI=1S/3C21H18N2O7S.C2H4O2/c3*1-4-28-20(27)18-11(3)22-21(31-18)23-15(12-8-7-10(2)30-12)14(17(25)19(23)26)16(24)13-6-5-9-29-13;1-2(3)4/h3*5-9,15,25H,4H2,1-3H3;1H3,(H,3,4). The molecular weight excluding hydrogens is 1330 g/mol. The number of nitrogens with zero attached hydrogens (tertiary/aromatic N) is 6. The number of esters is 3. The third kappa shape index (κ3) is 14.2. The maximum atomic E-state index is 13.1. The van der Waals surface area contributed by atoms with Crippen molar-refractivity contribution in [2.75, 3.05) is 34.5 Å². The molecule has 0 radical (unpaired) electrons. The van der Waals surface area contributed by atoms with Gasteiger partial charge in [-0.2, -0.15) is 0 Å². The molecule has 29 nitrogen and oxygen atoms in total. The van der Waals surface area contributed by atoms with Gasteiger partial charge in [-0.15, -0.1) is 0 Å². The van der Waals surface area contributed by atoms with Gasteiger partial charge in [0.1, 0.15) is 67.3 Å². The quantitative estimate of drug-likeness (QED) is 0.0352. The molecular formula is C65H58N6O23S3. The largest absolute Gasteiger partial charge is 0.503 e. The second-order valence-corrected chi connectivity index (χ2v) is 23.6. The number of carboxylic acid groups (broad SMARTS) is 1. The summed E-state index contributed by atoms with van der Waals surface area (Å²) in [7, 11) is 0. The molecule has 3 atom stereocenters. The Morgan fingerprint density at radius 2 is 0.691 bits per heavy atom. The third-order valence-electron chi connectivity index (χ3n) is 14.0. The van der Waals surface area contributed by atoms with Crippen molar-refractivity contribution in [3.63, 3.8) is 0 Å². The molecule has 0 aromatic carbocycles. The van der Waals surface area contributed by atoms with Gasteiger partial charge in [0, 0.05) is 6.92 Å². The molecule has 12 rings (SSSR count). The number of aromatic nitrogens is 3. The number of hydrogen-bond acceptors (Lipinski definition) is 28. The fraction of sp³-hybridized carbons (Fsp3) is 0.246. The van der Waals surface area contributed by atoms with Crippen LogP contribution in [-0.2, 0) is 33.4 Å². The van der Waals surface area contributed by atoms with Crippen LogP contribution in [0.2, 0.25) is 0 Å². The number of amides is 3. The van der Waals surface area contributed by atoms with Crippen LogP contribution < -0.4 is 14.7 Å². The number of Topliss-reactive ketones (excluding diaryl/α,β-unsaturated/α-hetero) is 3. The molecule has 0 saturated heterocycles. The zero-order valence-electron chi connectivity index (χ0n) is 53.0. The highest BCUT2D eigenvalue weighted by atomic mass is 32.1. The number of thiazole rings is 3. The van der Waals surface area contributed by atoms with E-state index in [0.29, 0.717) is 34.4 Å². The Kier molecular flexibility index (Phi) is 21.2. The van der Waals surface area contributed by atoms with E-state index in [0.717, 1.165) is 55.6 Å². The first kappa shape index (κ1) is 69.8. The molecule has 504 valence electrons. The van der Waals surface area contributed by atoms with Crippen LogP contribution >= 0.6 is 34.0 Å². The molecule has 0 aliphatic carbocycles. The highest BCUT2D eigenvalue weighted by Gasteiger charge is 2.51. The highest BCUT2D eigenvalue weighted by Crippen LogP contribution is 2.48. The Bertz CT molecular complexity index is 4170. The summed E-state index contributed by atoms with van der Waals surface area (Å²) in [6, 6.07) is 15.5. The summed E-state index contributed by atoms with van der Waals surface area (Å²) in [5.74, 6) is -6.85. The van der Waals surface area contributed by atoms with Crippen molar-refractivity contribution in [3.05, 3.63) is 209 Å². The number of rotatable bonds is 18. The molecule has 3 amide bonds. The number of ketones is 3. The van der Waals surface area contributed by atoms with Gasteiger partial charge in [-0.25, -0.2) is 29.3 Å². The highest BCUT2D eigenvalue weighted by molar-refractivity contribution is 7.18. The van der Waals surface area contributed by atoms with Gasteiger partial charge in [-0.05, 0) is 135 Å². The van der Waals surface area contributed by atoms with Gasteiger partial charge in [0.25, 0.3) is 23.7 Å². The van der Waals surface area contributed by atoms with Crippen molar-refractivity contribution in [3.8, 4) is 0 Å². The Hall–Kier alpha value is -11.5. The molecule has 32 heteroatoms. The molecule has 4 N–H and O–H groups in total. The van der Waals surface area contributed by atoms with Gasteiger partial charge in [-0.1, -0.05) is 34.0 Å². The lowest BCUT2D eigenvalue weighted by Crippen LogP contribution is -2.30. The Balaban J connectivity index is 0.000000166. The van der Waals surface area contributed by atoms with E-state index in [1.54, 1.807) is 98.7 Å². The molecule has 0 bridgehead atoms. The van der Waals surface area contributed by atoms with Crippen molar-refractivity contribution in [1.29, 1.82) is 0 Å². The predicted molar refractivity (Wildman–Crippen MR) is 341 cm³/mol. The first-order valence-corrected chi connectivity index (χ1v) is 31.5. The van der Waals surface area contributed by atoms with Crippen LogP contribution in [0.5, 0.6) is 0 Å². The van der Waals surface area contributed by atoms with Crippen molar-refractivity contribution in [2.24, 2.45) is 0 Å². The van der Waals surface area contributed by atoms with E-state index in [9.17, 15) is 58.5 Å². The average molecular weight is 1390 g/mol. The van der Waals surface area contributed by atoms with Crippen LogP contribution in [0.15, 0.2) is 152 Å². The van der Waals surface area contributed by atoms with Gasteiger partial charge in [0.15, 0.2) is 50.0 Å². The van der Waals surface area contributed by atoms with Crippen LogP contribution in [0.1, 0.15) is 158 Å². The molecule has 3 aliphatic heterocycles. The van der Waals surface area contributed by atoms with E-state index in [2.05, 4.69) is 15.0 Å². The van der Waals surface area contributed by atoms with E-state index in [-0.39, 0.29) is 101 Å². The van der Waals surface area contributed by atoms with E-state index in [1.807, 2.05) is 0 Å². The lowest BCUT2D eigenvalue weighted by Gasteiger charge is -2.22. The molecule has 9 aromatic heterocycles. The molecule has 9 aromatic rings. The zero-order valence-corrected chi connectivity index (χ0v) is 55.4. The Morgan fingerprint density at radius 3 is 0.887 bits per heavy atom. The van der Waals surface area contributed by atoms with Crippen molar-refractivity contribution < 1.29 is 109 Å². The lowest BCUT2D eigenvalue weighted by atomic mass is 10.00. The number of carbonyl (C=O) groups is 10. The number of aliphatic hydroxyl groups excluding tert-OH is 3. The second kappa shape index (κ2) is 29.4. The van der Waals surface area contributed by atoms with E-state index in [4.69, 9.17) is 50.6 Å². The molecule has 0 fully saturated rings. The zero-order chi connectivity index (χ0) is 70.4. The number of carboxylic acids is 1. The number of ether oxygens (including phenoxy) is 3. The van der Waals surface area contributed by atoms with Gasteiger partial charge in [-0.3, -0.25) is 48.3 Å². The fourth-order valence-electron chi connectivity index (χ4n) is 9.95. The monoisotopic (exact) mass is 1390 g/mol. The van der Waals surface area contributed by atoms with Crippen LogP contribution in [0, 0.1) is 41.5 Å². The second-order valence-electron chi connectivity index (χ2n) is 20.7. The van der Waals surface area contributed by atoms with E-state index < -0.39 is 94.4 Å². The number of aryl methyl sites for hydroxylation is 6. The number of hydrogen-bond donors (Lipinski definition) is 4. The van der Waals surface area contributed by atoms with Crippen LogP contribution in [-0.4, -0.2) is 114 Å². The summed E-state index contributed by atoms with van der Waals surface area (Å²) in [4.78, 5) is 141. The summed E-state index contributed by atoms with van der Waals surface area (Å²) in [5.41, 5.74) is 0.516. The van der Waals surface area contributed by atoms with Crippen LogP contribution in [0.4, 0.5) is 15.4 Å². The summed E-state index contributed by atoms with van der Waals surface area (Å²) >= 11 is 2.80. The smallest absolute Gasteiger partial charge is 0.350 e. The maximum Gasteiger partial charge on any atom is 0.350 e. The molecule has 3 unspecified atom stereocenters. The number of aliphatic hydroxyl groups is 3. The minimum atomic E-state index is -1.08. The topological polar surface area (TPSA) is 407 Å². The lowest BCUT2D eigenvalue weighted by molar-refractivity contribution is -0.134. The number of anilines is 3. The summed E-state index contributed by atoms with van der Waals surface area (Å²) < 4.78 is 47.7. The SMILES string of the molecule is CC(=O)O.CCOC(=O)c1sc(N2C(=O)C(O)=C(C(=O)c3ccco3)C2c2ccc(C)o2)nc1C.CCOC(=O)c1sc(N2C(=O)C(O)=C(C(=O)c3ccco3)C2c2ccc(C)o2)nc1C.CCOC(=O)c1sc(N2C(=O)C(O)=C(C(=O)c3ccco3)C2c2ccc(C)o2)nc1C. The van der Waals surface area contributed by atoms with Gasteiger partial charge in [0.2, 0.25) is 17.3 Å². The van der Waals surface area contributed by atoms with Crippen molar-refractivity contribution in [1.82, 2.24) is 15.0 Å². The first-order chi connectivity index (χ1) is 46.2. The van der Waals surface area contributed by atoms with Gasteiger partial charge >= 0.3 is 17.9 Å². The minimum Gasteiger partial charge on any atom is -0.503 e. The number of aliphatic carboxylic acids is 1. The third-order valence-corrected chi connectivity index (χ3v) is 17.5. The molecule has 0 spiro atoms. The van der Waals surface area contributed by atoms with Crippen LogP contribution in [0.25, 0.3) is 0 Å². The van der Waals surface area contributed by atoms with E-state index in [1.165, 1.54) is 55.2 Å². The van der Waals surface area contributed by atoms with Gasteiger partial charge in [0.05, 0.1) is 72.4 Å². The van der Waals surface area contributed by atoms with E-state index >= 15 is 0 Å². The fourth-order valence-corrected chi connectivity index (χ4v) is 12.9. The van der Waals surface area contributed by atoms with Gasteiger partial charge < -0.3 is 61.1 Å². The number of furan rings is 6. The van der Waals surface area contributed by atoms with Crippen molar-refractivity contribution >= 4 is 108 Å². The van der Waals surface area contributed by atoms with Crippen molar-refractivity contribution in [2.45, 2.75) is 87.4 Å². The Labute approximate surface area is 560 Å². The first-order valence-electron chi connectivity index (χ1n) is 29.1. The molecule has 3 aliphatic rings. The van der Waals surface area contributed by atoms with Crippen LogP contribution in [0.3, 0.4) is 0 Å². The summed E-state index contributed by atoms with van der Waals surface area (Å²) in [6.07, 6.45) is 3.96. The average Bonchev–Trinajstić information content (AvgIpc) is 1.61. The predicted octanol–water partition coefficient (Wildman–Crippen LogP) is 11.8. The molecule has 12 heterocycles. The summed E-state index contributed by atoms with van der Waals surface area (Å²) in [6.45, 7) is 16.7. The molecule has 97 heavy (non-hydrogen) atoms. The maximum absolute atomic E-state index is 13.1.